The third-order valence-electron chi connectivity index (χ3n) is 5.05. The maximum atomic E-state index is 13.0. The Balaban J connectivity index is 1.32. The van der Waals surface area contributed by atoms with E-state index in [1.807, 2.05) is 36.4 Å². The first-order valence-corrected chi connectivity index (χ1v) is 9.68. The zero-order chi connectivity index (χ0) is 19.6. The van der Waals surface area contributed by atoms with Crippen molar-refractivity contribution >= 4 is 23.1 Å². The normalized spacial score (nSPS) is 14.8. The van der Waals surface area contributed by atoms with Crippen LogP contribution in [-0.4, -0.2) is 35.9 Å². The van der Waals surface area contributed by atoms with E-state index in [4.69, 9.17) is 9.47 Å². The van der Waals surface area contributed by atoms with E-state index in [2.05, 4.69) is 21.6 Å². The van der Waals surface area contributed by atoms with Crippen LogP contribution in [0.25, 0.3) is 0 Å². The highest BCUT2D eigenvalue weighted by molar-refractivity contribution is 6.05. The lowest BCUT2D eigenvalue weighted by molar-refractivity contribution is 0.0979. The summed E-state index contributed by atoms with van der Waals surface area (Å²) >= 11 is 0. The first-order valence-electron chi connectivity index (χ1n) is 9.68. The van der Waals surface area contributed by atoms with E-state index in [1.165, 1.54) is 5.56 Å². The van der Waals surface area contributed by atoms with Gasteiger partial charge in [-0.25, -0.2) is 0 Å². The molecule has 146 valence electrons. The molecule has 1 N–H and O–H groups in total. The predicted molar refractivity (Wildman–Crippen MR) is 109 cm³/mol. The van der Waals surface area contributed by atoms with Crippen LogP contribution in [0.15, 0.2) is 54.6 Å². The third kappa shape index (κ3) is 3.47. The Morgan fingerprint density at radius 2 is 1.83 bits per heavy atom. The van der Waals surface area contributed by atoms with Gasteiger partial charge in [0.1, 0.15) is 13.2 Å². The maximum Gasteiger partial charge on any atom is 0.278 e. The number of fused-ring (bicyclic) bond motifs is 2. The summed E-state index contributed by atoms with van der Waals surface area (Å²) in [5.41, 5.74) is 3.29. The smallest absolute Gasteiger partial charge is 0.278 e. The molecule has 1 amide bonds. The first kappa shape index (κ1) is 17.5. The standard InChI is InChI=1S/C22H20N4O3/c27-22(26-11-3-5-15-4-1-2-6-18(15)26)17-8-10-21(25-24-17)23-16-7-9-19-20(14-16)29-13-12-28-19/h1-2,4,6-10,14H,3,5,11-13H2,(H,23,25). The summed E-state index contributed by atoms with van der Waals surface area (Å²) in [5.74, 6) is 1.85. The number of carbonyl (C=O) groups excluding carboxylic acids is 1. The van der Waals surface area contributed by atoms with E-state index < -0.39 is 0 Å². The fourth-order valence-corrected chi connectivity index (χ4v) is 3.66. The molecular formula is C22H20N4O3. The summed E-state index contributed by atoms with van der Waals surface area (Å²) in [4.78, 5) is 14.8. The maximum absolute atomic E-state index is 13.0. The van der Waals surface area contributed by atoms with Crippen LogP contribution >= 0.6 is 0 Å². The van der Waals surface area contributed by atoms with Crippen LogP contribution in [0.2, 0.25) is 0 Å². The second-order valence-electron chi connectivity index (χ2n) is 6.98. The number of nitrogens with one attached hydrogen (secondary N) is 1. The summed E-state index contributed by atoms with van der Waals surface area (Å²) in [5, 5.41) is 11.5. The minimum absolute atomic E-state index is 0.129. The van der Waals surface area contributed by atoms with Gasteiger partial charge in [0.2, 0.25) is 0 Å². The molecule has 3 heterocycles. The Morgan fingerprint density at radius 3 is 2.69 bits per heavy atom. The minimum atomic E-state index is -0.129. The summed E-state index contributed by atoms with van der Waals surface area (Å²) in [6.07, 6.45) is 1.93. The number of aryl methyl sites for hydroxylation is 1. The number of anilines is 3. The van der Waals surface area contributed by atoms with E-state index in [0.717, 1.165) is 30.0 Å². The molecule has 2 aliphatic heterocycles. The average Bonchev–Trinajstić information content (AvgIpc) is 2.79. The highest BCUT2D eigenvalue weighted by Crippen LogP contribution is 2.33. The highest BCUT2D eigenvalue weighted by atomic mass is 16.6. The molecule has 0 saturated carbocycles. The molecule has 7 nitrogen and oxygen atoms in total. The summed E-state index contributed by atoms with van der Waals surface area (Å²) in [6.45, 7) is 1.78. The van der Waals surface area contributed by atoms with Gasteiger partial charge in [0.05, 0.1) is 0 Å². The van der Waals surface area contributed by atoms with Gasteiger partial charge in [-0.2, -0.15) is 0 Å². The molecule has 2 aromatic carbocycles. The predicted octanol–water partition coefficient (Wildman–Crippen LogP) is 3.58. The number of hydrogen-bond acceptors (Lipinski definition) is 6. The molecule has 0 atom stereocenters. The summed E-state index contributed by atoms with van der Waals surface area (Å²) in [7, 11) is 0. The van der Waals surface area contributed by atoms with Crippen LogP contribution < -0.4 is 19.7 Å². The lowest BCUT2D eigenvalue weighted by atomic mass is 10.0. The molecule has 3 aromatic rings. The zero-order valence-corrected chi connectivity index (χ0v) is 15.8. The van der Waals surface area contributed by atoms with E-state index in [-0.39, 0.29) is 5.91 Å². The van der Waals surface area contributed by atoms with Crippen molar-refractivity contribution in [2.45, 2.75) is 12.8 Å². The van der Waals surface area contributed by atoms with Crippen LogP contribution in [0.3, 0.4) is 0 Å². The van der Waals surface area contributed by atoms with Gasteiger partial charge < -0.3 is 19.7 Å². The van der Waals surface area contributed by atoms with Gasteiger partial charge in [-0.1, -0.05) is 18.2 Å². The van der Waals surface area contributed by atoms with Crippen molar-refractivity contribution in [1.82, 2.24) is 10.2 Å². The van der Waals surface area contributed by atoms with E-state index in [9.17, 15) is 4.79 Å². The molecule has 2 aliphatic rings. The Labute approximate surface area is 168 Å². The van der Waals surface area contributed by atoms with Crippen molar-refractivity contribution in [1.29, 1.82) is 0 Å². The van der Waals surface area contributed by atoms with Gasteiger partial charge in [-0.15, -0.1) is 10.2 Å². The van der Waals surface area contributed by atoms with Crippen LogP contribution in [0.4, 0.5) is 17.2 Å². The molecule has 0 aliphatic carbocycles. The van der Waals surface area contributed by atoms with Crippen LogP contribution in [0, 0.1) is 0 Å². The molecular weight excluding hydrogens is 368 g/mol. The molecule has 29 heavy (non-hydrogen) atoms. The molecule has 0 radical (unpaired) electrons. The molecule has 1 aromatic heterocycles. The zero-order valence-electron chi connectivity index (χ0n) is 15.8. The Hall–Kier alpha value is -3.61. The number of aromatic nitrogens is 2. The average molecular weight is 388 g/mol. The lowest BCUT2D eigenvalue weighted by Gasteiger charge is -2.29. The van der Waals surface area contributed by atoms with Gasteiger partial charge in [0, 0.05) is 24.0 Å². The van der Waals surface area contributed by atoms with Crippen LogP contribution in [0.1, 0.15) is 22.5 Å². The summed E-state index contributed by atoms with van der Waals surface area (Å²) < 4.78 is 11.1. The van der Waals surface area contributed by atoms with Gasteiger partial charge in [0.25, 0.3) is 5.91 Å². The molecule has 7 heteroatoms. The van der Waals surface area contributed by atoms with Crippen molar-refractivity contribution in [3.8, 4) is 11.5 Å². The van der Waals surface area contributed by atoms with Crippen molar-refractivity contribution in [2.75, 3.05) is 30.0 Å². The lowest BCUT2D eigenvalue weighted by Crippen LogP contribution is -2.36. The molecule has 0 fully saturated rings. The monoisotopic (exact) mass is 388 g/mol. The number of rotatable bonds is 3. The number of amides is 1. The molecule has 0 unspecified atom stereocenters. The van der Waals surface area contributed by atoms with Crippen molar-refractivity contribution < 1.29 is 14.3 Å². The van der Waals surface area contributed by atoms with Crippen molar-refractivity contribution in [3.05, 3.63) is 65.9 Å². The Bertz CT molecular complexity index is 1050. The number of hydrogen-bond donors (Lipinski definition) is 1. The number of ether oxygens (including phenoxy) is 2. The van der Waals surface area contributed by atoms with E-state index in [0.29, 0.717) is 37.0 Å². The van der Waals surface area contributed by atoms with Crippen LogP contribution in [-0.2, 0) is 6.42 Å². The fraction of sp³-hybridized carbons (Fsp3) is 0.227. The highest BCUT2D eigenvalue weighted by Gasteiger charge is 2.24. The number of benzene rings is 2. The fourth-order valence-electron chi connectivity index (χ4n) is 3.66. The van der Waals surface area contributed by atoms with E-state index in [1.54, 1.807) is 17.0 Å². The quantitative estimate of drug-likeness (QED) is 0.739. The van der Waals surface area contributed by atoms with Gasteiger partial charge in [0.15, 0.2) is 23.0 Å². The number of para-hydroxylation sites is 1. The second-order valence-corrected chi connectivity index (χ2v) is 6.98. The van der Waals surface area contributed by atoms with E-state index >= 15 is 0 Å². The van der Waals surface area contributed by atoms with Gasteiger partial charge >= 0.3 is 0 Å². The minimum Gasteiger partial charge on any atom is -0.486 e. The van der Waals surface area contributed by atoms with Gasteiger partial charge in [-0.3, -0.25) is 4.79 Å². The number of carbonyl (C=O) groups is 1. The molecule has 0 spiro atoms. The SMILES string of the molecule is O=C(c1ccc(Nc2ccc3c(c2)OCCO3)nn1)N1CCCc2ccccc21. The van der Waals surface area contributed by atoms with Crippen LogP contribution in [0.5, 0.6) is 11.5 Å². The molecule has 5 rings (SSSR count). The topological polar surface area (TPSA) is 76.6 Å². The second kappa shape index (κ2) is 7.43. The largest absolute Gasteiger partial charge is 0.486 e. The first-order chi connectivity index (χ1) is 14.3. The third-order valence-corrected chi connectivity index (χ3v) is 5.05. The Kier molecular flexibility index (Phi) is 4.48. The molecule has 0 saturated heterocycles. The molecule has 0 bridgehead atoms. The van der Waals surface area contributed by atoms with Gasteiger partial charge in [-0.05, 0) is 48.7 Å². The Morgan fingerprint density at radius 1 is 0.966 bits per heavy atom. The summed E-state index contributed by atoms with van der Waals surface area (Å²) in [6, 6.07) is 17.1. The number of nitrogens with zero attached hydrogens (tertiary/aromatic N) is 3. The van der Waals surface area contributed by atoms with Crippen molar-refractivity contribution in [3.63, 3.8) is 0 Å². The van der Waals surface area contributed by atoms with Crippen molar-refractivity contribution in [2.24, 2.45) is 0 Å².